The smallest absolute Gasteiger partial charge is 0.235 e. The van der Waals surface area contributed by atoms with Gasteiger partial charge in [-0.2, -0.15) is 4.99 Å². The van der Waals surface area contributed by atoms with E-state index in [9.17, 15) is 4.79 Å². The maximum atomic E-state index is 10.8. The third-order valence-electron chi connectivity index (χ3n) is 4.07. The molecule has 18 heavy (non-hydrogen) atoms. The zero-order valence-corrected chi connectivity index (χ0v) is 11.2. The average molecular weight is 245 g/mol. The SMILES string of the molecule is COc1c(C2(N=C=O)CCCC2)ccc(C)c1C. The van der Waals surface area contributed by atoms with Gasteiger partial charge in [-0.15, -0.1) is 0 Å². The molecular formula is C15H19NO2. The lowest BCUT2D eigenvalue weighted by Gasteiger charge is -2.26. The molecule has 0 amide bonds. The summed E-state index contributed by atoms with van der Waals surface area (Å²) >= 11 is 0. The molecule has 0 bridgehead atoms. The van der Waals surface area contributed by atoms with Crippen molar-refractivity contribution in [2.24, 2.45) is 4.99 Å². The van der Waals surface area contributed by atoms with Gasteiger partial charge in [-0.25, -0.2) is 4.79 Å². The van der Waals surface area contributed by atoms with Crippen LogP contribution in [0.5, 0.6) is 5.75 Å². The lowest BCUT2D eigenvalue weighted by atomic mass is 9.86. The lowest BCUT2D eigenvalue weighted by molar-refractivity contribution is 0.376. The minimum atomic E-state index is -0.411. The Hall–Kier alpha value is -1.60. The highest BCUT2D eigenvalue weighted by Crippen LogP contribution is 2.46. The van der Waals surface area contributed by atoms with Crippen LogP contribution in [-0.2, 0) is 10.3 Å². The van der Waals surface area contributed by atoms with Gasteiger partial charge < -0.3 is 4.74 Å². The monoisotopic (exact) mass is 245 g/mol. The first-order chi connectivity index (χ1) is 8.64. The number of aryl methyl sites for hydroxylation is 1. The molecule has 0 spiro atoms. The molecule has 0 saturated heterocycles. The Labute approximate surface area is 108 Å². The number of rotatable bonds is 3. The van der Waals surface area contributed by atoms with Gasteiger partial charge in [-0.05, 0) is 37.8 Å². The van der Waals surface area contributed by atoms with Gasteiger partial charge in [0.15, 0.2) is 0 Å². The van der Waals surface area contributed by atoms with Gasteiger partial charge in [0.05, 0.1) is 7.11 Å². The van der Waals surface area contributed by atoms with Gasteiger partial charge in [-0.1, -0.05) is 25.0 Å². The summed E-state index contributed by atoms with van der Waals surface area (Å²) in [7, 11) is 1.68. The van der Waals surface area contributed by atoms with Crippen molar-refractivity contribution in [2.45, 2.75) is 45.1 Å². The van der Waals surface area contributed by atoms with Crippen LogP contribution in [0.2, 0.25) is 0 Å². The molecule has 2 rings (SSSR count). The topological polar surface area (TPSA) is 38.7 Å². The minimum Gasteiger partial charge on any atom is -0.496 e. The van der Waals surface area contributed by atoms with E-state index in [2.05, 4.69) is 18.0 Å². The van der Waals surface area contributed by atoms with Crippen LogP contribution in [0.3, 0.4) is 0 Å². The Morgan fingerprint density at radius 3 is 2.50 bits per heavy atom. The van der Waals surface area contributed by atoms with Crippen LogP contribution < -0.4 is 4.74 Å². The summed E-state index contributed by atoms with van der Waals surface area (Å²) in [6, 6.07) is 4.13. The Morgan fingerprint density at radius 2 is 1.94 bits per heavy atom. The molecule has 1 saturated carbocycles. The number of carbonyl (C=O) groups excluding carboxylic acids is 1. The maximum absolute atomic E-state index is 10.8. The van der Waals surface area contributed by atoms with E-state index >= 15 is 0 Å². The quantitative estimate of drug-likeness (QED) is 0.604. The molecule has 0 aromatic heterocycles. The third-order valence-corrected chi connectivity index (χ3v) is 4.07. The van der Waals surface area contributed by atoms with Crippen LogP contribution in [0.1, 0.15) is 42.4 Å². The van der Waals surface area contributed by atoms with Gasteiger partial charge in [0.25, 0.3) is 0 Å². The lowest BCUT2D eigenvalue weighted by Crippen LogP contribution is -2.20. The van der Waals surface area contributed by atoms with Gasteiger partial charge in [-0.3, -0.25) is 0 Å². The van der Waals surface area contributed by atoms with Crippen molar-refractivity contribution in [3.05, 3.63) is 28.8 Å². The van der Waals surface area contributed by atoms with Gasteiger partial charge in [0.2, 0.25) is 6.08 Å². The summed E-state index contributed by atoms with van der Waals surface area (Å²) in [6.07, 6.45) is 5.76. The molecule has 1 fully saturated rings. The standard InChI is InChI=1S/C15H19NO2/c1-11-6-7-13(14(18-3)12(11)2)15(16-10-17)8-4-5-9-15/h6-7H,4-5,8-9H2,1-3H3. The van der Waals surface area contributed by atoms with E-state index < -0.39 is 5.54 Å². The van der Waals surface area contributed by atoms with Crippen molar-refractivity contribution in [1.29, 1.82) is 0 Å². The van der Waals surface area contributed by atoms with Crippen molar-refractivity contribution in [1.82, 2.24) is 0 Å². The fourth-order valence-corrected chi connectivity index (χ4v) is 2.91. The molecule has 0 heterocycles. The number of hydrogen-bond acceptors (Lipinski definition) is 3. The van der Waals surface area contributed by atoms with Crippen LogP contribution in [0.15, 0.2) is 17.1 Å². The number of hydrogen-bond donors (Lipinski definition) is 0. The highest BCUT2D eigenvalue weighted by atomic mass is 16.5. The molecule has 1 aliphatic rings. The number of ether oxygens (including phenoxy) is 1. The van der Waals surface area contributed by atoms with Gasteiger partial charge in [0, 0.05) is 5.56 Å². The van der Waals surface area contributed by atoms with E-state index in [1.807, 2.05) is 13.0 Å². The Balaban J connectivity index is 2.62. The average Bonchev–Trinajstić information content (AvgIpc) is 2.82. The molecule has 96 valence electrons. The van der Waals surface area contributed by atoms with Crippen LogP contribution in [-0.4, -0.2) is 13.2 Å². The highest BCUT2D eigenvalue weighted by Gasteiger charge is 2.38. The van der Waals surface area contributed by atoms with E-state index in [0.29, 0.717) is 0 Å². The highest BCUT2D eigenvalue weighted by molar-refractivity contribution is 5.51. The van der Waals surface area contributed by atoms with E-state index in [1.54, 1.807) is 13.2 Å². The van der Waals surface area contributed by atoms with Crippen molar-refractivity contribution in [3.63, 3.8) is 0 Å². The van der Waals surface area contributed by atoms with Crippen LogP contribution in [0.25, 0.3) is 0 Å². The van der Waals surface area contributed by atoms with Crippen molar-refractivity contribution < 1.29 is 9.53 Å². The largest absolute Gasteiger partial charge is 0.496 e. The predicted molar refractivity (Wildman–Crippen MR) is 70.7 cm³/mol. The summed E-state index contributed by atoms with van der Waals surface area (Å²) < 4.78 is 5.55. The first-order valence-corrected chi connectivity index (χ1v) is 6.38. The Morgan fingerprint density at radius 1 is 1.28 bits per heavy atom. The van der Waals surface area contributed by atoms with Crippen molar-refractivity contribution in [2.75, 3.05) is 7.11 Å². The molecule has 0 N–H and O–H groups in total. The molecule has 1 aromatic rings. The van der Waals surface area contributed by atoms with E-state index in [4.69, 9.17) is 4.74 Å². The maximum Gasteiger partial charge on any atom is 0.235 e. The Bertz CT molecular complexity index is 495. The minimum absolute atomic E-state index is 0.411. The van der Waals surface area contributed by atoms with Crippen molar-refractivity contribution in [3.8, 4) is 5.75 Å². The number of methoxy groups -OCH3 is 1. The number of aliphatic imine (C=N–C) groups is 1. The molecule has 0 atom stereocenters. The normalized spacial score (nSPS) is 17.3. The van der Waals surface area contributed by atoms with Crippen LogP contribution >= 0.6 is 0 Å². The van der Waals surface area contributed by atoms with E-state index in [0.717, 1.165) is 42.6 Å². The summed E-state index contributed by atoms with van der Waals surface area (Å²) in [5.74, 6) is 0.871. The molecule has 0 unspecified atom stereocenters. The fourth-order valence-electron chi connectivity index (χ4n) is 2.91. The first kappa shape index (κ1) is 12.8. The van der Waals surface area contributed by atoms with Crippen LogP contribution in [0, 0.1) is 13.8 Å². The van der Waals surface area contributed by atoms with Gasteiger partial charge in [0.1, 0.15) is 11.3 Å². The molecule has 3 heteroatoms. The Kier molecular flexibility index (Phi) is 3.53. The molecule has 1 aliphatic carbocycles. The second-order valence-electron chi connectivity index (χ2n) is 5.03. The molecule has 3 nitrogen and oxygen atoms in total. The summed E-state index contributed by atoms with van der Waals surface area (Å²) in [5, 5.41) is 0. The van der Waals surface area contributed by atoms with Crippen LogP contribution in [0.4, 0.5) is 0 Å². The predicted octanol–water partition coefficient (Wildman–Crippen LogP) is 3.42. The zero-order valence-electron chi connectivity index (χ0n) is 11.2. The molecule has 0 aliphatic heterocycles. The van der Waals surface area contributed by atoms with Crippen molar-refractivity contribution >= 4 is 6.08 Å². The summed E-state index contributed by atoms with van der Waals surface area (Å²) in [5.41, 5.74) is 2.95. The summed E-state index contributed by atoms with van der Waals surface area (Å²) in [6.45, 7) is 4.11. The zero-order chi connectivity index (χ0) is 13.2. The molecule has 1 aromatic carbocycles. The van der Waals surface area contributed by atoms with E-state index in [1.165, 1.54) is 5.56 Å². The number of isocyanates is 1. The van der Waals surface area contributed by atoms with E-state index in [-0.39, 0.29) is 0 Å². The number of benzene rings is 1. The van der Waals surface area contributed by atoms with Gasteiger partial charge >= 0.3 is 0 Å². The molecule has 0 radical (unpaired) electrons. The molecular weight excluding hydrogens is 226 g/mol. The second-order valence-corrected chi connectivity index (χ2v) is 5.03. The fraction of sp³-hybridized carbons (Fsp3) is 0.533. The summed E-state index contributed by atoms with van der Waals surface area (Å²) in [4.78, 5) is 14.9. The second kappa shape index (κ2) is 4.95. The third kappa shape index (κ3) is 1.95. The first-order valence-electron chi connectivity index (χ1n) is 6.38. The number of nitrogens with zero attached hydrogens (tertiary/aromatic N) is 1.